The number of nitrogens with zero attached hydrogens (tertiary/aromatic N) is 1. The summed E-state index contributed by atoms with van der Waals surface area (Å²) in [4.78, 5) is 24.9. The molecular formula is C10H17N3O2. The zero-order valence-electron chi connectivity index (χ0n) is 8.74. The van der Waals surface area contributed by atoms with Gasteiger partial charge in [-0.3, -0.25) is 9.59 Å². The summed E-state index contributed by atoms with van der Waals surface area (Å²) < 4.78 is 0. The van der Waals surface area contributed by atoms with Crippen molar-refractivity contribution in [2.75, 3.05) is 13.1 Å². The third-order valence-electron chi connectivity index (χ3n) is 3.23. The molecule has 0 saturated carbocycles. The number of rotatable bonds is 2. The highest BCUT2D eigenvalue weighted by Gasteiger charge is 2.35. The van der Waals surface area contributed by atoms with Crippen LogP contribution in [0.25, 0.3) is 0 Å². The largest absolute Gasteiger partial charge is 0.344 e. The Bertz CT molecular complexity index is 280. The first-order valence-corrected chi connectivity index (χ1v) is 5.52. The molecule has 3 N–H and O–H groups in total. The molecule has 0 aromatic carbocycles. The van der Waals surface area contributed by atoms with Gasteiger partial charge in [0, 0.05) is 25.6 Å². The van der Waals surface area contributed by atoms with Crippen molar-refractivity contribution >= 4 is 11.8 Å². The average molecular weight is 211 g/mol. The van der Waals surface area contributed by atoms with Gasteiger partial charge in [-0.2, -0.15) is 0 Å². The molecule has 2 rings (SSSR count). The molecular weight excluding hydrogens is 194 g/mol. The predicted octanol–water partition coefficient (Wildman–Crippen LogP) is -0.785. The van der Waals surface area contributed by atoms with Crippen LogP contribution in [-0.2, 0) is 9.59 Å². The van der Waals surface area contributed by atoms with Gasteiger partial charge in [-0.1, -0.05) is 0 Å². The van der Waals surface area contributed by atoms with E-state index in [-0.39, 0.29) is 23.9 Å². The van der Waals surface area contributed by atoms with Crippen LogP contribution in [0.5, 0.6) is 0 Å². The van der Waals surface area contributed by atoms with E-state index >= 15 is 0 Å². The minimum atomic E-state index is -0.301. The number of hydrogen-bond acceptors (Lipinski definition) is 3. The standard InChI is InChI=1S/C10H17N3O2/c11-6-7-2-1-5-13(7)10(15)8-3-4-9(14)12-8/h7-8H,1-6,11H2,(H,12,14)/t7?,8-/m0/s1. The smallest absolute Gasteiger partial charge is 0.245 e. The van der Waals surface area contributed by atoms with Gasteiger partial charge in [0.15, 0.2) is 0 Å². The molecule has 0 radical (unpaired) electrons. The third-order valence-corrected chi connectivity index (χ3v) is 3.23. The van der Waals surface area contributed by atoms with E-state index in [0.717, 1.165) is 19.4 Å². The van der Waals surface area contributed by atoms with Gasteiger partial charge >= 0.3 is 0 Å². The molecule has 0 spiro atoms. The van der Waals surface area contributed by atoms with E-state index in [9.17, 15) is 9.59 Å². The molecule has 0 aromatic heterocycles. The highest BCUT2D eigenvalue weighted by Crippen LogP contribution is 2.19. The van der Waals surface area contributed by atoms with Gasteiger partial charge in [0.1, 0.15) is 6.04 Å². The average Bonchev–Trinajstić information content (AvgIpc) is 2.84. The second-order valence-electron chi connectivity index (χ2n) is 4.22. The number of amides is 2. The summed E-state index contributed by atoms with van der Waals surface area (Å²) in [6, 6.07) is -0.125. The van der Waals surface area contributed by atoms with Gasteiger partial charge in [-0.15, -0.1) is 0 Å². The van der Waals surface area contributed by atoms with Crippen LogP contribution < -0.4 is 11.1 Å². The van der Waals surface area contributed by atoms with E-state index in [1.54, 1.807) is 0 Å². The zero-order chi connectivity index (χ0) is 10.8. The molecule has 0 aliphatic carbocycles. The van der Waals surface area contributed by atoms with Crippen LogP contribution in [0.2, 0.25) is 0 Å². The maximum Gasteiger partial charge on any atom is 0.245 e. The van der Waals surface area contributed by atoms with Crippen molar-refractivity contribution in [3.8, 4) is 0 Å². The summed E-state index contributed by atoms with van der Waals surface area (Å²) in [6.45, 7) is 1.31. The lowest BCUT2D eigenvalue weighted by atomic mass is 10.1. The SMILES string of the molecule is NCC1CCCN1C(=O)[C@@H]1CCC(=O)N1. The van der Waals surface area contributed by atoms with Crippen LogP contribution in [0, 0.1) is 0 Å². The lowest BCUT2D eigenvalue weighted by Crippen LogP contribution is -2.48. The third kappa shape index (κ3) is 1.97. The van der Waals surface area contributed by atoms with Crippen LogP contribution in [0.3, 0.4) is 0 Å². The summed E-state index contributed by atoms with van der Waals surface area (Å²) in [5, 5.41) is 2.70. The molecule has 0 aromatic rings. The number of likely N-dealkylation sites (tertiary alicyclic amines) is 1. The quantitative estimate of drug-likeness (QED) is 0.629. The number of carbonyl (C=O) groups excluding carboxylic acids is 2. The zero-order valence-corrected chi connectivity index (χ0v) is 8.74. The van der Waals surface area contributed by atoms with Crippen molar-refractivity contribution < 1.29 is 9.59 Å². The highest BCUT2D eigenvalue weighted by atomic mass is 16.2. The monoisotopic (exact) mass is 211 g/mol. The predicted molar refractivity (Wildman–Crippen MR) is 55.0 cm³/mol. The number of nitrogens with two attached hydrogens (primary N) is 1. The van der Waals surface area contributed by atoms with E-state index in [4.69, 9.17) is 5.73 Å². The Kier molecular flexibility index (Phi) is 2.90. The fourth-order valence-corrected chi connectivity index (χ4v) is 2.37. The summed E-state index contributed by atoms with van der Waals surface area (Å²) >= 11 is 0. The summed E-state index contributed by atoms with van der Waals surface area (Å²) in [7, 11) is 0. The van der Waals surface area contributed by atoms with Crippen molar-refractivity contribution in [1.82, 2.24) is 10.2 Å². The first-order valence-electron chi connectivity index (χ1n) is 5.52. The maximum absolute atomic E-state index is 12.0. The molecule has 2 aliphatic heterocycles. The van der Waals surface area contributed by atoms with Gasteiger partial charge in [0.2, 0.25) is 11.8 Å². The van der Waals surface area contributed by atoms with E-state index in [1.165, 1.54) is 0 Å². The van der Waals surface area contributed by atoms with Gasteiger partial charge in [-0.05, 0) is 19.3 Å². The van der Waals surface area contributed by atoms with Gasteiger partial charge in [0.25, 0.3) is 0 Å². The van der Waals surface area contributed by atoms with Crippen LogP contribution >= 0.6 is 0 Å². The van der Waals surface area contributed by atoms with Gasteiger partial charge < -0.3 is 16.0 Å². The van der Waals surface area contributed by atoms with Crippen molar-refractivity contribution in [3.05, 3.63) is 0 Å². The first-order chi connectivity index (χ1) is 7.22. The first kappa shape index (κ1) is 10.4. The minimum absolute atomic E-state index is 0.0168. The number of carbonyl (C=O) groups is 2. The second kappa shape index (κ2) is 4.18. The van der Waals surface area contributed by atoms with E-state index in [2.05, 4.69) is 5.32 Å². The molecule has 2 fully saturated rings. The highest BCUT2D eigenvalue weighted by molar-refractivity contribution is 5.91. The topological polar surface area (TPSA) is 75.4 Å². The van der Waals surface area contributed by atoms with Crippen LogP contribution in [0.1, 0.15) is 25.7 Å². The normalized spacial score (nSPS) is 30.7. The Labute approximate surface area is 89.0 Å². The summed E-state index contributed by atoms with van der Waals surface area (Å²) in [6.07, 6.45) is 3.11. The Morgan fingerprint density at radius 2 is 2.33 bits per heavy atom. The van der Waals surface area contributed by atoms with Crippen molar-refractivity contribution in [3.63, 3.8) is 0 Å². The van der Waals surface area contributed by atoms with Crippen LogP contribution in [-0.4, -0.2) is 41.9 Å². The van der Waals surface area contributed by atoms with E-state index < -0.39 is 0 Å². The molecule has 2 heterocycles. The molecule has 2 aliphatic rings. The Hall–Kier alpha value is -1.10. The Balaban J connectivity index is 1.98. The molecule has 5 heteroatoms. The lowest BCUT2D eigenvalue weighted by Gasteiger charge is -2.26. The molecule has 2 amide bonds. The molecule has 2 atom stereocenters. The summed E-state index contributed by atoms with van der Waals surface area (Å²) in [5.74, 6) is 0.0330. The molecule has 5 nitrogen and oxygen atoms in total. The fourth-order valence-electron chi connectivity index (χ4n) is 2.37. The molecule has 0 bridgehead atoms. The van der Waals surface area contributed by atoms with Crippen molar-refractivity contribution in [2.24, 2.45) is 5.73 Å². The van der Waals surface area contributed by atoms with Crippen molar-refractivity contribution in [2.45, 2.75) is 37.8 Å². The molecule has 84 valence electrons. The lowest BCUT2D eigenvalue weighted by molar-refractivity contribution is -0.135. The van der Waals surface area contributed by atoms with E-state index in [1.807, 2.05) is 4.90 Å². The fraction of sp³-hybridized carbons (Fsp3) is 0.800. The number of hydrogen-bond donors (Lipinski definition) is 2. The van der Waals surface area contributed by atoms with Gasteiger partial charge in [0.05, 0.1) is 0 Å². The second-order valence-corrected chi connectivity index (χ2v) is 4.22. The maximum atomic E-state index is 12.0. The molecule has 2 saturated heterocycles. The van der Waals surface area contributed by atoms with E-state index in [0.29, 0.717) is 19.4 Å². The van der Waals surface area contributed by atoms with Crippen molar-refractivity contribution in [1.29, 1.82) is 0 Å². The number of nitrogens with one attached hydrogen (secondary N) is 1. The Morgan fingerprint density at radius 3 is 2.93 bits per heavy atom. The Morgan fingerprint density at radius 1 is 1.53 bits per heavy atom. The summed E-state index contributed by atoms with van der Waals surface area (Å²) in [5.41, 5.74) is 5.61. The van der Waals surface area contributed by atoms with Gasteiger partial charge in [-0.25, -0.2) is 0 Å². The van der Waals surface area contributed by atoms with Crippen LogP contribution in [0.4, 0.5) is 0 Å². The molecule has 1 unspecified atom stereocenters. The molecule has 15 heavy (non-hydrogen) atoms. The minimum Gasteiger partial charge on any atom is -0.344 e. The van der Waals surface area contributed by atoms with Crippen LogP contribution in [0.15, 0.2) is 0 Å².